The Bertz CT molecular complexity index is 1500. The monoisotopic (exact) mass is 502 g/mol. The lowest BCUT2D eigenvalue weighted by atomic mass is 10.1. The molecule has 2 aromatic carbocycles. The molecule has 190 valence electrons. The van der Waals surface area contributed by atoms with Crippen LogP contribution in [0.5, 0.6) is 11.5 Å². The average Bonchev–Trinajstić information content (AvgIpc) is 2.92. The van der Waals surface area contributed by atoms with Gasteiger partial charge in [-0.15, -0.1) is 4.73 Å². The van der Waals surface area contributed by atoms with Gasteiger partial charge in [0, 0.05) is 6.54 Å². The molecule has 0 radical (unpaired) electrons. The van der Waals surface area contributed by atoms with Crippen molar-refractivity contribution in [1.29, 1.82) is 0 Å². The second-order valence-electron chi connectivity index (χ2n) is 8.32. The van der Waals surface area contributed by atoms with E-state index in [1.54, 1.807) is 13.8 Å². The van der Waals surface area contributed by atoms with Gasteiger partial charge >= 0.3 is 11.5 Å². The third-order valence-corrected chi connectivity index (χ3v) is 5.87. The number of benzene rings is 2. The van der Waals surface area contributed by atoms with Gasteiger partial charge in [0.1, 0.15) is 26.1 Å². The maximum Gasteiger partial charge on any atom is 0.346 e. The Labute approximate surface area is 212 Å². The van der Waals surface area contributed by atoms with E-state index >= 15 is 0 Å². The number of aryl methyl sites for hydroxylation is 1. The van der Waals surface area contributed by atoms with Crippen molar-refractivity contribution in [2.75, 3.05) is 25.1 Å². The number of anilines is 1. The highest BCUT2D eigenvalue weighted by atomic mass is 16.7. The van der Waals surface area contributed by atoms with Gasteiger partial charge in [0.05, 0.1) is 23.4 Å². The highest BCUT2D eigenvalue weighted by molar-refractivity contribution is 6.04. The van der Waals surface area contributed by atoms with Crippen molar-refractivity contribution >= 4 is 22.7 Å². The Balaban J connectivity index is 1.58. The molecule has 0 bridgehead atoms. The predicted molar refractivity (Wildman–Crippen MR) is 136 cm³/mol. The molecule has 1 aliphatic heterocycles. The van der Waals surface area contributed by atoms with Gasteiger partial charge in [-0.2, -0.15) is 0 Å². The molecule has 2 aromatic heterocycles. The number of carbonyl (C=O) groups excluding carboxylic acids is 1. The average molecular weight is 503 g/mol. The highest BCUT2D eigenvalue weighted by Gasteiger charge is 2.26. The Morgan fingerprint density at radius 3 is 2.62 bits per heavy atom. The minimum atomic E-state index is -0.764. The molecule has 37 heavy (non-hydrogen) atoms. The van der Waals surface area contributed by atoms with E-state index in [0.29, 0.717) is 42.3 Å². The molecular weight excluding hydrogens is 476 g/mol. The Morgan fingerprint density at radius 2 is 1.84 bits per heavy atom. The third kappa shape index (κ3) is 4.90. The van der Waals surface area contributed by atoms with Crippen LogP contribution in [0.3, 0.4) is 0 Å². The molecule has 4 aromatic rings. The first-order chi connectivity index (χ1) is 18.1. The number of fused-ring (bicyclic) bond motifs is 2. The van der Waals surface area contributed by atoms with Crippen molar-refractivity contribution in [3.63, 3.8) is 0 Å². The van der Waals surface area contributed by atoms with Crippen molar-refractivity contribution in [2.24, 2.45) is 0 Å². The van der Waals surface area contributed by atoms with E-state index in [1.165, 1.54) is 6.33 Å². The van der Waals surface area contributed by atoms with Gasteiger partial charge in [0.25, 0.3) is 0 Å². The SMILES string of the molecule is CCOC(=O)c1c(NCc2ccc3c(c2)OCCO3)c2c(C)ncnc2n(OCc2ccccc2)c1=O. The molecule has 0 saturated carbocycles. The minimum Gasteiger partial charge on any atom is -0.486 e. The van der Waals surface area contributed by atoms with Crippen molar-refractivity contribution in [3.8, 4) is 11.5 Å². The van der Waals surface area contributed by atoms with Gasteiger partial charge in [0.2, 0.25) is 0 Å². The number of carbonyl (C=O) groups is 1. The van der Waals surface area contributed by atoms with Crippen LogP contribution in [-0.2, 0) is 17.9 Å². The van der Waals surface area contributed by atoms with E-state index in [4.69, 9.17) is 19.0 Å². The molecular formula is C27H26N4O6. The first kappa shape index (κ1) is 24.1. The van der Waals surface area contributed by atoms with Crippen molar-refractivity contribution in [2.45, 2.75) is 27.0 Å². The third-order valence-electron chi connectivity index (χ3n) is 5.87. The van der Waals surface area contributed by atoms with Crippen LogP contribution in [0.15, 0.2) is 59.7 Å². The van der Waals surface area contributed by atoms with Crippen LogP contribution in [0.4, 0.5) is 5.69 Å². The number of hydrogen-bond donors (Lipinski definition) is 1. The van der Waals surface area contributed by atoms with Gasteiger partial charge < -0.3 is 24.4 Å². The van der Waals surface area contributed by atoms with E-state index in [1.807, 2.05) is 48.5 Å². The maximum absolute atomic E-state index is 13.7. The van der Waals surface area contributed by atoms with Crippen LogP contribution in [0.1, 0.15) is 34.1 Å². The Morgan fingerprint density at radius 1 is 1.05 bits per heavy atom. The molecule has 10 heteroatoms. The number of ether oxygens (including phenoxy) is 3. The molecule has 1 aliphatic rings. The van der Waals surface area contributed by atoms with Crippen LogP contribution in [0, 0.1) is 6.92 Å². The van der Waals surface area contributed by atoms with Crippen LogP contribution >= 0.6 is 0 Å². The van der Waals surface area contributed by atoms with Gasteiger partial charge in [-0.3, -0.25) is 4.79 Å². The Kier molecular flexibility index (Phi) is 6.89. The quantitative estimate of drug-likeness (QED) is 0.363. The molecule has 0 saturated heterocycles. The van der Waals surface area contributed by atoms with Gasteiger partial charge in [-0.25, -0.2) is 14.8 Å². The molecule has 0 aliphatic carbocycles. The van der Waals surface area contributed by atoms with E-state index in [0.717, 1.165) is 15.9 Å². The predicted octanol–water partition coefficient (Wildman–Crippen LogP) is 3.29. The summed E-state index contributed by atoms with van der Waals surface area (Å²) in [4.78, 5) is 41.2. The summed E-state index contributed by atoms with van der Waals surface area (Å²) in [5.41, 5.74) is 1.95. The summed E-state index contributed by atoms with van der Waals surface area (Å²) >= 11 is 0. The van der Waals surface area contributed by atoms with Crippen LogP contribution in [0.2, 0.25) is 0 Å². The fraction of sp³-hybridized carbons (Fsp3) is 0.259. The molecule has 0 atom stereocenters. The zero-order chi connectivity index (χ0) is 25.8. The summed E-state index contributed by atoms with van der Waals surface area (Å²) in [5, 5.41) is 3.74. The van der Waals surface area contributed by atoms with Gasteiger partial charge in [0.15, 0.2) is 22.7 Å². The fourth-order valence-electron chi connectivity index (χ4n) is 4.13. The molecule has 0 fully saturated rings. The molecule has 3 heterocycles. The van der Waals surface area contributed by atoms with Gasteiger partial charge in [-0.05, 0) is 37.1 Å². The summed E-state index contributed by atoms with van der Waals surface area (Å²) < 4.78 is 17.6. The number of aromatic nitrogens is 3. The van der Waals surface area contributed by atoms with Crippen LogP contribution in [0.25, 0.3) is 11.0 Å². The molecule has 0 unspecified atom stereocenters. The van der Waals surface area contributed by atoms with Crippen LogP contribution < -0.4 is 25.2 Å². The second-order valence-corrected chi connectivity index (χ2v) is 8.32. The fourth-order valence-corrected chi connectivity index (χ4v) is 4.13. The largest absolute Gasteiger partial charge is 0.486 e. The number of rotatable bonds is 8. The summed E-state index contributed by atoms with van der Waals surface area (Å²) in [6.45, 7) is 4.93. The van der Waals surface area contributed by atoms with Crippen molar-refractivity contribution in [3.05, 3.63) is 87.6 Å². The zero-order valence-electron chi connectivity index (χ0n) is 20.5. The molecule has 0 spiro atoms. The normalized spacial score (nSPS) is 12.3. The maximum atomic E-state index is 13.7. The van der Waals surface area contributed by atoms with Gasteiger partial charge in [-0.1, -0.05) is 36.4 Å². The first-order valence-electron chi connectivity index (χ1n) is 11.9. The topological polar surface area (TPSA) is 114 Å². The summed E-state index contributed by atoms with van der Waals surface area (Å²) in [5.74, 6) is 0.555. The lowest BCUT2D eigenvalue weighted by Gasteiger charge is -2.20. The number of hydrogen-bond acceptors (Lipinski definition) is 9. The van der Waals surface area contributed by atoms with Crippen molar-refractivity contribution in [1.82, 2.24) is 14.7 Å². The number of nitrogens with one attached hydrogen (secondary N) is 1. The van der Waals surface area contributed by atoms with E-state index < -0.39 is 11.5 Å². The highest BCUT2D eigenvalue weighted by Crippen LogP contribution is 2.32. The lowest BCUT2D eigenvalue weighted by molar-refractivity contribution is 0.0513. The van der Waals surface area contributed by atoms with E-state index in [-0.39, 0.29) is 30.1 Å². The zero-order valence-corrected chi connectivity index (χ0v) is 20.5. The van der Waals surface area contributed by atoms with E-state index in [9.17, 15) is 9.59 Å². The molecule has 10 nitrogen and oxygen atoms in total. The van der Waals surface area contributed by atoms with Crippen molar-refractivity contribution < 1.29 is 23.8 Å². The van der Waals surface area contributed by atoms with E-state index in [2.05, 4.69) is 15.3 Å². The molecule has 1 N–H and O–H groups in total. The number of pyridine rings is 1. The Hall–Kier alpha value is -4.60. The van der Waals surface area contributed by atoms with Crippen LogP contribution in [-0.4, -0.2) is 40.5 Å². The number of esters is 1. The summed E-state index contributed by atoms with van der Waals surface area (Å²) in [7, 11) is 0. The number of nitrogens with zero attached hydrogens (tertiary/aromatic N) is 3. The first-order valence-corrected chi connectivity index (χ1v) is 11.9. The summed E-state index contributed by atoms with van der Waals surface area (Å²) in [6.07, 6.45) is 1.36. The lowest BCUT2D eigenvalue weighted by Crippen LogP contribution is -2.34. The summed E-state index contributed by atoms with van der Waals surface area (Å²) in [6, 6.07) is 15.0. The molecule has 0 amide bonds. The minimum absolute atomic E-state index is 0.102. The standard InChI is InChI=1S/C27H26N4O6/c1-3-34-27(33)23-24(28-14-19-9-10-20-21(13-19)36-12-11-35-20)22-17(2)29-16-30-25(22)31(26(23)32)37-15-18-7-5-4-6-8-18/h4-10,13,16,28H,3,11-12,14-15H2,1-2H3. The smallest absolute Gasteiger partial charge is 0.346 e. The molecule has 5 rings (SSSR count). The second kappa shape index (κ2) is 10.6.